The fourth-order valence-corrected chi connectivity index (χ4v) is 1.59. The number of carboxylic acid groups (broad SMARTS) is 1. The number of fused-ring (bicyclic) bond motifs is 1. The first-order valence-corrected chi connectivity index (χ1v) is 4.36. The molecular formula is C10H9NO4. The van der Waals surface area contributed by atoms with Crippen LogP contribution >= 0.6 is 0 Å². The van der Waals surface area contributed by atoms with Crippen molar-refractivity contribution in [1.82, 2.24) is 0 Å². The van der Waals surface area contributed by atoms with Gasteiger partial charge >= 0.3 is 5.97 Å². The van der Waals surface area contributed by atoms with E-state index in [0.717, 1.165) is 0 Å². The Labute approximate surface area is 85.7 Å². The summed E-state index contributed by atoms with van der Waals surface area (Å²) in [5, 5.41) is 11.5. The third-order valence-electron chi connectivity index (χ3n) is 2.28. The number of amides is 1. The van der Waals surface area contributed by atoms with Gasteiger partial charge in [0.05, 0.1) is 13.5 Å². The lowest BCUT2D eigenvalue weighted by atomic mass is 10.1. The molecule has 2 N–H and O–H groups in total. The Bertz CT molecular complexity index is 453. The van der Waals surface area contributed by atoms with Crippen LogP contribution in [0.5, 0.6) is 5.75 Å². The Hall–Kier alpha value is -2.04. The number of aromatic carboxylic acids is 1. The molecule has 78 valence electrons. The molecule has 15 heavy (non-hydrogen) atoms. The number of rotatable bonds is 2. The van der Waals surface area contributed by atoms with Crippen molar-refractivity contribution in [2.45, 2.75) is 6.42 Å². The highest BCUT2D eigenvalue weighted by Crippen LogP contribution is 2.31. The molecule has 0 bridgehead atoms. The molecule has 0 unspecified atom stereocenters. The molecule has 2 rings (SSSR count). The van der Waals surface area contributed by atoms with Crippen molar-refractivity contribution < 1.29 is 19.4 Å². The third-order valence-corrected chi connectivity index (χ3v) is 2.28. The lowest BCUT2D eigenvalue weighted by Gasteiger charge is -2.07. The van der Waals surface area contributed by atoms with Crippen LogP contribution in [0, 0.1) is 0 Å². The second-order valence-electron chi connectivity index (χ2n) is 3.24. The van der Waals surface area contributed by atoms with Crippen molar-refractivity contribution >= 4 is 17.6 Å². The van der Waals surface area contributed by atoms with E-state index in [1.54, 1.807) is 0 Å². The zero-order valence-corrected chi connectivity index (χ0v) is 8.03. The second kappa shape index (κ2) is 3.27. The number of benzene rings is 1. The number of anilines is 1. The van der Waals surface area contributed by atoms with Crippen LogP contribution in [0.2, 0.25) is 0 Å². The van der Waals surface area contributed by atoms with Gasteiger partial charge in [0.15, 0.2) is 0 Å². The number of carboxylic acids is 1. The van der Waals surface area contributed by atoms with Gasteiger partial charge in [-0.25, -0.2) is 4.79 Å². The van der Waals surface area contributed by atoms with Crippen LogP contribution in [-0.4, -0.2) is 24.1 Å². The number of nitrogens with one attached hydrogen (secondary N) is 1. The second-order valence-corrected chi connectivity index (χ2v) is 3.24. The lowest BCUT2D eigenvalue weighted by Crippen LogP contribution is -2.03. The Morgan fingerprint density at radius 2 is 2.27 bits per heavy atom. The van der Waals surface area contributed by atoms with E-state index in [4.69, 9.17) is 9.84 Å². The van der Waals surface area contributed by atoms with E-state index in [9.17, 15) is 9.59 Å². The van der Waals surface area contributed by atoms with Crippen LogP contribution in [0.15, 0.2) is 12.1 Å². The van der Waals surface area contributed by atoms with E-state index in [2.05, 4.69) is 5.32 Å². The summed E-state index contributed by atoms with van der Waals surface area (Å²) in [4.78, 5) is 22.0. The monoisotopic (exact) mass is 207 g/mol. The standard InChI is InChI=1S/C10H9NO4/c1-15-8-4-7-5(3-9(12)11-7)2-6(8)10(13)14/h2,4H,3H2,1H3,(H,11,12)(H,13,14). The quantitative estimate of drug-likeness (QED) is 0.755. The van der Waals surface area contributed by atoms with Gasteiger partial charge in [0.1, 0.15) is 11.3 Å². The topological polar surface area (TPSA) is 75.6 Å². The molecule has 1 aromatic rings. The summed E-state index contributed by atoms with van der Waals surface area (Å²) in [5.41, 5.74) is 1.40. The summed E-state index contributed by atoms with van der Waals surface area (Å²) in [6, 6.07) is 3.00. The number of hydrogen-bond donors (Lipinski definition) is 2. The fraction of sp³-hybridized carbons (Fsp3) is 0.200. The Morgan fingerprint density at radius 3 is 2.87 bits per heavy atom. The van der Waals surface area contributed by atoms with E-state index in [1.807, 2.05) is 0 Å². The van der Waals surface area contributed by atoms with Gasteiger partial charge in [0, 0.05) is 11.8 Å². The average Bonchev–Trinajstić information content (AvgIpc) is 2.54. The molecule has 0 saturated heterocycles. The van der Waals surface area contributed by atoms with Gasteiger partial charge < -0.3 is 15.2 Å². The molecule has 0 fully saturated rings. The minimum atomic E-state index is -1.06. The van der Waals surface area contributed by atoms with Gasteiger partial charge in [-0.1, -0.05) is 0 Å². The fourth-order valence-electron chi connectivity index (χ4n) is 1.59. The number of methoxy groups -OCH3 is 1. The lowest BCUT2D eigenvalue weighted by molar-refractivity contribution is -0.115. The van der Waals surface area contributed by atoms with Gasteiger partial charge in [0.25, 0.3) is 0 Å². The van der Waals surface area contributed by atoms with Crippen LogP contribution in [0.1, 0.15) is 15.9 Å². The molecule has 1 aliphatic heterocycles. The van der Waals surface area contributed by atoms with Gasteiger partial charge in [-0.05, 0) is 11.6 Å². The van der Waals surface area contributed by atoms with Gasteiger partial charge in [-0.15, -0.1) is 0 Å². The van der Waals surface area contributed by atoms with E-state index >= 15 is 0 Å². The highest BCUT2D eigenvalue weighted by atomic mass is 16.5. The number of hydrogen-bond acceptors (Lipinski definition) is 3. The number of ether oxygens (including phenoxy) is 1. The Balaban J connectivity index is 2.55. The highest BCUT2D eigenvalue weighted by Gasteiger charge is 2.22. The SMILES string of the molecule is COc1cc2c(cc1C(=O)O)CC(=O)N2. The first-order chi connectivity index (χ1) is 7.11. The van der Waals surface area contributed by atoms with Crippen molar-refractivity contribution in [2.75, 3.05) is 12.4 Å². The largest absolute Gasteiger partial charge is 0.496 e. The molecule has 0 radical (unpaired) electrons. The molecule has 0 aromatic heterocycles. The summed E-state index contributed by atoms with van der Waals surface area (Å²) < 4.78 is 4.94. The van der Waals surface area contributed by atoms with Crippen molar-refractivity contribution in [3.8, 4) is 5.75 Å². The number of carbonyl (C=O) groups is 2. The summed E-state index contributed by atoms with van der Waals surface area (Å²) in [7, 11) is 1.39. The third kappa shape index (κ3) is 1.52. The zero-order chi connectivity index (χ0) is 11.0. The molecule has 1 heterocycles. The molecule has 0 saturated carbocycles. The molecule has 0 aliphatic carbocycles. The molecule has 1 aromatic carbocycles. The molecule has 0 spiro atoms. The molecule has 5 nitrogen and oxygen atoms in total. The van der Waals surface area contributed by atoms with Gasteiger partial charge in [0.2, 0.25) is 5.91 Å². The molecule has 0 atom stereocenters. The average molecular weight is 207 g/mol. The highest BCUT2D eigenvalue weighted by molar-refractivity contribution is 6.01. The van der Waals surface area contributed by atoms with E-state index in [0.29, 0.717) is 11.3 Å². The van der Waals surface area contributed by atoms with E-state index < -0.39 is 5.97 Å². The molecule has 1 amide bonds. The molecular weight excluding hydrogens is 198 g/mol. The van der Waals surface area contributed by atoms with E-state index in [1.165, 1.54) is 19.2 Å². The maximum Gasteiger partial charge on any atom is 0.339 e. The van der Waals surface area contributed by atoms with Crippen LogP contribution in [-0.2, 0) is 11.2 Å². The van der Waals surface area contributed by atoms with Crippen molar-refractivity contribution in [3.05, 3.63) is 23.3 Å². The van der Waals surface area contributed by atoms with Crippen LogP contribution in [0.25, 0.3) is 0 Å². The predicted molar refractivity (Wildman–Crippen MR) is 52.3 cm³/mol. The maximum atomic E-state index is 11.1. The van der Waals surface area contributed by atoms with Crippen LogP contribution in [0.4, 0.5) is 5.69 Å². The molecule has 5 heteroatoms. The summed E-state index contributed by atoms with van der Waals surface area (Å²) in [6.45, 7) is 0. The first kappa shape index (κ1) is 9.51. The minimum Gasteiger partial charge on any atom is -0.496 e. The minimum absolute atomic E-state index is 0.0766. The number of carbonyl (C=O) groups excluding carboxylic acids is 1. The summed E-state index contributed by atoms with van der Waals surface area (Å²) in [6.07, 6.45) is 0.222. The van der Waals surface area contributed by atoms with Gasteiger partial charge in [-0.2, -0.15) is 0 Å². The first-order valence-electron chi connectivity index (χ1n) is 4.36. The zero-order valence-electron chi connectivity index (χ0n) is 8.03. The smallest absolute Gasteiger partial charge is 0.339 e. The van der Waals surface area contributed by atoms with Crippen LogP contribution < -0.4 is 10.1 Å². The van der Waals surface area contributed by atoms with Crippen LogP contribution in [0.3, 0.4) is 0 Å². The van der Waals surface area contributed by atoms with E-state index in [-0.39, 0.29) is 23.6 Å². The molecule has 1 aliphatic rings. The van der Waals surface area contributed by atoms with Crippen molar-refractivity contribution in [2.24, 2.45) is 0 Å². The summed E-state index contributed by atoms with van der Waals surface area (Å²) >= 11 is 0. The Kier molecular flexibility index (Phi) is 2.07. The van der Waals surface area contributed by atoms with Crippen molar-refractivity contribution in [1.29, 1.82) is 0 Å². The van der Waals surface area contributed by atoms with Gasteiger partial charge in [-0.3, -0.25) is 4.79 Å². The summed E-state index contributed by atoms with van der Waals surface area (Å²) in [5.74, 6) is -0.938. The van der Waals surface area contributed by atoms with Crippen molar-refractivity contribution in [3.63, 3.8) is 0 Å². The Morgan fingerprint density at radius 1 is 1.53 bits per heavy atom. The predicted octanol–water partition coefficient (Wildman–Crippen LogP) is 0.888. The normalized spacial score (nSPS) is 13.3. The maximum absolute atomic E-state index is 11.1.